The van der Waals surface area contributed by atoms with Crippen molar-refractivity contribution in [2.45, 2.75) is 25.0 Å². The molecule has 1 aromatic heterocycles. The monoisotopic (exact) mass is 418 g/mol. The van der Waals surface area contributed by atoms with Crippen LogP contribution in [0, 0.1) is 0 Å². The molecule has 0 unspecified atom stereocenters. The summed E-state index contributed by atoms with van der Waals surface area (Å²) in [6, 6.07) is 15.0. The second-order valence-electron chi connectivity index (χ2n) is 8.26. The van der Waals surface area contributed by atoms with Gasteiger partial charge < -0.3 is 19.9 Å². The van der Waals surface area contributed by atoms with Crippen molar-refractivity contribution in [3.8, 4) is 5.75 Å². The molecule has 2 N–H and O–H groups in total. The van der Waals surface area contributed by atoms with E-state index in [1.54, 1.807) is 12.0 Å². The van der Waals surface area contributed by atoms with Crippen molar-refractivity contribution >= 4 is 22.7 Å². The van der Waals surface area contributed by atoms with Gasteiger partial charge in [-0.15, -0.1) is 0 Å². The van der Waals surface area contributed by atoms with E-state index in [2.05, 4.69) is 21.3 Å². The Hall–Kier alpha value is -3.32. The molecule has 0 aliphatic carbocycles. The van der Waals surface area contributed by atoms with E-state index in [4.69, 9.17) is 4.74 Å². The number of benzene rings is 2. The summed E-state index contributed by atoms with van der Waals surface area (Å²) >= 11 is 0. The van der Waals surface area contributed by atoms with Gasteiger partial charge in [-0.25, -0.2) is 0 Å². The number of piperazine rings is 2. The number of amides is 2. The highest BCUT2D eigenvalue weighted by atomic mass is 16.5. The lowest BCUT2D eigenvalue weighted by Gasteiger charge is -2.45. The summed E-state index contributed by atoms with van der Waals surface area (Å²) in [5.74, 6) is 0.762. The summed E-state index contributed by atoms with van der Waals surface area (Å²) in [6.07, 6.45) is 2.42. The van der Waals surface area contributed by atoms with Crippen molar-refractivity contribution in [1.29, 1.82) is 0 Å². The maximum atomic E-state index is 13.2. The van der Waals surface area contributed by atoms with Crippen LogP contribution in [-0.4, -0.2) is 65.4 Å². The second kappa shape index (κ2) is 8.07. The third-order valence-electron chi connectivity index (χ3n) is 6.30. The quantitative estimate of drug-likeness (QED) is 0.664. The lowest BCUT2D eigenvalue weighted by atomic mass is 9.98. The van der Waals surface area contributed by atoms with E-state index in [9.17, 15) is 9.59 Å². The normalized spacial score (nSPS) is 21.8. The summed E-state index contributed by atoms with van der Waals surface area (Å²) in [5.41, 5.74) is 3.22. The molecule has 2 saturated heterocycles. The maximum absolute atomic E-state index is 13.2. The molecule has 31 heavy (non-hydrogen) atoms. The fraction of sp³-hybridized carbons (Fsp3) is 0.333. The standard InChI is InChI=1S/C24H26N4O3/c1-31-18-6-4-5-16(11-18)14-27-9-10-28-22(15-27)23(29)26-21(24(28)30)12-17-13-25-20-8-3-2-7-19(17)20/h2-8,11,13,21-22,25H,9-10,12,14-15H2,1H3,(H,26,29)/t21-,22+/m0/s1. The molecule has 160 valence electrons. The molecular formula is C24H26N4O3. The average molecular weight is 418 g/mol. The van der Waals surface area contributed by atoms with Crippen molar-refractivity contribution in [3.05, 3.63) is 65.9 Å². The largest absolute Gasteiger partial charge is 0.497 e. The molecule has 7 nitrogen and oxygen atoms in total. The Labute approximate surface area is 181 Å². The van der Waals surface area contributed by atoms with Gasteiger partial charge in [0.15, 0.2) is 0 Å². The summed E-state index contributed by atoms with van der Waals surface area (Å²) in [5, 5.41) is 4.07. The highest BCUT2D eigenvalue weighted by Crippen LogP contribution is 2.24. The fourth-order valence-corrected chi connectivity index (χ4v) is 4.69. The molecule has 0 spiro atoms. The summed E-state index contributed by atoms with van der Waals surface area (Å²) in [4.78, 5) is 33.3. The molecule has 5 rings (SSSR count). The number of hydrogen-bond acceptors (Lipinski definition) is 4. The third kappa shape index (κ3) is 3.77. The minimum Gasteiger partial charge on any atom is -0.497 e. The number of carbonyl (C=O) groups is 2. The van der Waals surface area contributed by atoms with Gasteiger partial charge in [0.2, 0.25) is 11.8 Å². The van der Waals surface area contributed by atoms with Gasteiger partial charge in [-0.3, -0.25) is 14.5 Å². The van der Waals surface area contributed by atoms with Crippen LogP contribution in [0.2, 0.25) is 0 Å². The molecular weight excluding hydrogens is 392 g/mol. The van der Waals surface area contributed by atoms with Gasteiger partial charge in [-0.05, 0) is 29.3 Å². The fourth-order valence-electron chi connectivity index (χ4n) is 4.69. The van der Waals surface area contributed by atoms with Crippen LogP contribution < -0.4 is 10.1 Å². The molecule has 3 aromatic rings. The molecule has 0 radical (unpaired) electrons. The van der Waals surface area contributed by atoms with Crippen LogP contribution >= 0.6 is 0 Å². The van der Waals surface area contributed by atoms with Gasteiger partial charge in [-0.2, -0.15) is 0 Å². The van der Waals surface area contributed by atoms with E-state index >= 15 is 0 Å². The van der Waals surface area contributed by atoms with Crippen LogP contribution in [0.4, 0.5) is 0 Å². The van der Waals surface area contributed by atoms with Crippen molar-refractivity contribution in [1.82, 2.24) is 20.1 Å². The Balaban J connectivity index is 1.27. The number of rotatable bonds is 5. The molecule has 0 bridgehead atoms. The topological polar surface area (TPSA) is 77.7 Å². The first-order chi connectivity index (χ1) is 15.1. The van der Waals surface area contributed by atoms with E-state index in [0.29, 0.717) is 19.5 Å². The highest BCUT2D eigenvalue weighted by molar-refractivity contribution is 5.98. The van der Waals surface area contributed by atoms with E-state index in [1.165, 1.54) is 0 Å². The van der Waals surface area contributed by atoms with Crippen LogP contribution in [0.5, 0.6) is 5.75 Å². The Bertz CT molecular complexity index is 1120. The lowest BCUT2D eigenvalue weighted by Crippen LogP contribution is -2.69. The minimum atomic E-state index is -0.520. The van der Waals surface area contributed by atoms with Crippen LogP contribution in [-0.2, 0) is 22.6 Å². The Morgan fingerprint density at radius 3 is 2.84 bits per heavy atom. The van der Waals surface area contributed by atoms with Gasteiger partial charge in [-0.1, -0.05) is 30.3 Å². The molecule has 0 saturated carbocycles. The number of nitrogens with one attached hydrogen (secondary N) is 2. The summed E-state index contributed by atoms with van der Waals surface area (Å²) in [6.45, 7) is 2.56. The highest BCUT2D eigenvalue weighted by Gasteiger charge is 2.43. The maximum Gasteiger partial charge on any atom is 0.246 e. The van der Waals surface area contributed by atoms with Gasteiger partial charge >= 0.3 is 0 Å². The number of aromatic amines is 1. The van der Waals surface area contributed by atoms with Crippen LogP contribution in [0.25, 0.3) is 10.9 Å². The number of para-hydroxylation sites is 1. The van der Waals surface area contributed by atoms with Gasteiger partial charge in [0, 0.05) is 49.7 Å². The number of methoxy groups -OCH3 is 1. The molecule has 2 amide bonds. The summed E-state index contributed by atoms with van der Waals surface area (Å²) in [7, 11) is 1.66. The first-order valence-electron chi connectivity index (χ1n) is 10.6. The van der Waals surface area contributed by atoms with Crippen LogP contribution in [0.3, 0.4) is 0 Å². The predicted molar refractivity (Wildman–Crippen MR) is 118 cm³/mol. The Morgan fingerprint density at radius 1 is 1.10 bits per heavy atom. The van der Waals surface area contributed by atoms with Gasteiger partial charge in [0.25, 0.3) is 0 Å². The molecule has 2 fully saturated rings. The van der Waals surface area contributed by atoms with E-state index in [-0.39, 0.29) is 11.8 Å². The second-order valence-corrected chi connectivity index (χ2v) is 8.26. The number of nitrogens with zero attached hydrogens (tertiary/aromatic N) is 2. The Kier molecular flexibility index (Phi) is 5.11. The van der Waals surface area contributed by atoms with Crippen molar-refractivity contribution in [3.63, 3.8) is 0 Å². The molecule has 2 aromatic carbocycles. The number of ether oxygens (including phenoxy) is 1. The first kappa shape index (κ1) is 19.6. The summed E-state index contributed by atoms with van der Waals surface area (Å²) < 4.78 is 5.30. The zero-order valence-corrected chi connectivity index (χ0v) is 17.5. The average Bonchev–Trinajstić information content (AvgIpc) is 3.20. The number of carbonyl (C=O) groups excluding carboxylic acids is 2. The molecule has 2 aliphatic heterocycles. The minimum absolute atomic E-state index is 0.0101. The van der Waals surface area contributed by atoms with Crippen molar-refractivity contribution in [2.75, 3.05) is 26.7 Å². The SMILES string of the molecule is COc1cccc(CN2CCN3C(=O)[C@H](Cc4c[nH]c5ccccc45)NC(=O)[C@H]3C2)c1. The number of aromatic nitrogens is 1. The predicted octanol–water partition coefficient (Wildman–Crippen LogP) is 1.93. The van der Waals surface area contributed by atoms with Crippen molar-refractivity contribution in [2.24, 2.45) is 0 Å². The van der Waals surface area contributed by atoms with E-state index in [0.717, 1.165) is 40.9 Å². The number of hydrogen-bond donors (Lipinski definition) is 2. The smallest absolute Gasteiger partial charge is 0.246 e. The number of H-pyrrole nitrogens is 1. The lowest BCUT2D eigenvalue weighted by molar-refractivity contribution is -0.153. The zero-order chi connectivity index (χ0) is 21.4. The molecule has 2 aliphatic rings. The first-order valence-corrected chi connectivity index (χ1v) is 10.6. The van der Waals surface area contributed by atoms with Gasteiger partial charge in [0.1, 0.15) is 17.8 Å². The van der Waals surface area contributed by atoms with E-state index < -0.39 is 12.1 Å². The molecule has 3 heterocycles. The molecule has 7 heteroatoms. The van der Waals surface area contributed by atoms with Crippen LogP contribution in [0.15, 0.2) is 54.7 Å². The molecule has 2 atom stereocenters. The Morgan fingerprint density at radius 2 is 1.97 bits per heavy atom. The zero-order valence-electron chi connectivity index (χ0n) is 17.5. The van der Waals surface area contributed by atoms with Crippen molar-refractivity contribution < 1.29 is 14.3 Å². The third-order valence-corrected chi connectivity index (χ3v) is 6.30. The number of fused-ring (bicyclic) bond motifs is 2. The van der Waals surface area contributed by atoms with Gasteiger partial charge in [0.05, 0.1) is 7.11 Å². The van der Waals surface area contributed by atoms with Crippen LogP contribution in [0.1, 0.15) is 11.1 Å². The van der Waals surface area contributed by atoms with E-state index in [1.807, 2.05) is 48.7 Å².